The topological polar surface area (TPSA) is 58.4 Å². The maximum absolute atomic E-state index is 8.43. The summed E-state index contributed by atoms with van der Waals surface area (Å²) in [5.74, 6) is 0.761. The van der Waals surface area contributed by atoms with E-state index in [9.17, 15) is 0 Å². The second kappa shape index (κ2) is 6.37. The van der Waals surface area contributed by atoms with Gasteiger partial charge in [0.15, 0.2) is 5.16 Å². The highest BCUT2D eigenvalue weighted by Gasteiger charge is 2.00. The van der Waals surface area contributed by atoms with E-state index in [0.717, 1.165) is 16.3 Å². The molecule has 0 bridgehead atoms. The molecule has 2 aromatic rings. The zero-order valence-corrected chi connectivity index (χ0v) is 10.9. The molecule has 0 aliphatic heterocycles. The maximum Gasteiger partial charge on any atom is 0.188 e. The van der Waals surface area contributed by atoms with E-state index in [1.165, 1.54) is 18.0 Å². The smallest absolute Gasteiger partial charge is 0.188 e. The summed E-state index contributed by atoms with van der Waals surface area (Å²) in [5, 5.41) is 12.7. The molecule has 0 aliphatic carbocycles. The first-order valence-corrected chi connectivity index (χ1v) is 6.52. The molecule has 0 saturated heterocycles. The van der Waals surface area contributed by atoms with E-state index in [0.29, 0.717) is 10.9 Å². The summed E-state index contributed by atoms with van der Waals surface area (Å²) in [5.41, 5.74) is 1.72. The van der Waals surface area contributed by atoms with Crippen molar-refractivity contribution in [2.45, 2.75) is 10.9 Å². The first kappa shape index (κ1) is 12.9. The molecule has 2 rings (SSSR count). The van der Waals surface area contributed by atoms with Crippen LogP contribution < -0.4 is 0 Å². The van der Waals surface area contributed by atoms with Crippen molar-refractivity contribution in [3.05, 3.63) is 52.8 Å². The van der Waals surface area contributed by atoms with Crippen molar-refractivity contribution < 1.29 is 5.21 Å². The molecule has 4 nitrogen and oxygen atoms in total. The fraction of sp³-hybridized carbons (Fsp3) is 0.0833. The Morgan fingerprint density at radius 2 is 2.06 bits per heavy atom. The third kappa shape index (κ3) is 3.72. The van der Waals surface area contributed by atoms with Crippen LogP contribution in [0.2, 0.25) is 5.02 Å². The molecule has 0 atom stereocenters. The average molecular weight is 280 g/mol. The molecule has 0 amide bonds. The van der Waals surface area contributed by atoms with Gasteiger partial charge in [0.2, 0.25) is 0 Å². The minimum absolute atomic E-state index is 0.575. The Labute approximate surface area is 114 Å². The second-order valence-corrected chi connectivity index (χ2v) is 4.80. The maximum atomic E-state index is 8.43. The third-order valence-corrected chi connectivity index (χ3v) is 3.31. The minimum atomic E-state index is 0.575. The largest absolute Gasteiger partial charge is 0.411 e. The number of halogens is 1. The summed E-state index contributed by atoms with van der Waals surface area (Å²) in [6, 6.07) is 9.31. The van der Waals surface area contributed by atoms with Gasteiger partial charge in [-0.15, -0.1) is 0 Å². The summed E-state index contributed by atoms with van der Waals surface area (Å²) < 4.78 is 0. The Kier molecular flexibility index (Phi) is 4.55. The molecule has 1 aromatic heterocycles. The van der Waals surface area contributed by atoms with E-state index in [1.54, 1.807) is 12.3 Å². The van der Waals surface area contributed by atoms with E-state index in [2.05, 4.69) is 15.1 Å². The van der Waals surface area contributed by atoms with Crippen LogP contribution in [-0.2, 0) is 5.75 Å². The van der Waals surface area contributed by atoms with E-state index < -0.39 is 0 Å². The third-order valence-electron chi connectivity index (χ3n) is 2.13. The van der Waals surface area contributed by atoms with Crippen LogP contribution in [0.15, 0.2) is 46.8 Å². The van der Waals surface area contributed by atoms with Crippen molar-refractivity contribution in [3.63, 3.8) is 0 Å². The fourth-order valence-electron chi connectivity index (χ4n) is 1.28. The van der Waals surface area contributed by atoms with Gasteiger partial charge in [-0.2, -0.15) is 0 Å². The van der Waals surface area contributed by atoms with Crippen molar-refractivity contribution in [2.24, 2.45) is 5.16 Å². The number of hydrogen-bond acceptors (Lipinski definition) is 5. The number of hydrogen-bond donors (Lipinski definition) is 1. The molecule has 1 N–H and O–H groups in total. The molecule has 0 saturated carbocycles. The predicted octanol–water partition coefficient (Wildman–Crippen LogP) is 3.23. The summed E-state index contributed by atoms with van der Waals surface area (Å²) in [7, 11) is 0. The summed E-state index contributed by atoms with van der Waals surface area (Å²) in [6.45, 7) is 0. The lowest BCUT2D eigenvalue weighted by Crippen LogP contribution is -1.93. The first-order valence-electron chi connectivity index (χ1n) is 5.15. The average Bonchev–Trinajstić information content (AvgIpc) is 2.39. The summed E-state index contributed by atoms with van der Waals surface area (Å²) >= 11 is 7.33. The first-order chi connectivity index (χ1) is 8.78. The van der Waals surface area contributed by atoms with Gasteiger partial charge in [0, 0.05) is 17.0 Å². The molecule has 1 aromatic carbocycles. The lowest BCUT2D eigenvalue weighted by atomic mass is 10.2. The van der Waals surface area contributed by atoms with Crippen LogP contribution in [0, 0.1) is 0 Å². The molecular formula is C12H10ClN3OS. The number of aromatic nitrogens is 2. The van der Waals surface area contributed by atoms with Gasteiger partial charge >= 0.3 is 0 Å². The monoisotopic (exact) mass is 279 g/mol. The van der Waals surface area contributed by atoms with Gasteiger partial charge in [-0.25, -0.2) is 9.97 Å². The Morgan fingerprint density at radius 3 is 2.78 bits per heavy atom. The van der Waals surface area contributed by atoms with Gasteiger partial charge in [0.25, 0.3) is 0 Å². The molecule has 1 heterocycles. The number of nitrogens with zero attached hydrogens (tertiary/aromatic N) is 3. The van der Waals surface area contributed by atoms with E-state index in [1.807, 2.05) is 24.3 Å². The van der Waals surface area contributed by atoms with Gasteiger partial charge in [-0.1, -0.05) is 40.7 Å². The zero-order chi connectivity index (χ0) is 12.8. The highest BCUT2D eigenvalue weighted by atomic mass is 35.5. The van der Waals surface area contributed by atoms with Crippen LogP contribution in [0.3, 0.4) is 0 Å². The molecule has 92 valence electrons. The lowest BCUT2D eigenvalue weighted by molar-refractivity contribution is 0.321. The van der Waals surface area contributed by atoms with E-state index >= 15 is 0 Å². The SMILES string of the molecule is O/N=C\c1ccnc(SCc2ccc(Cl)cc2)n1. The van der Waals surface area contributed by atoms with Gasteiger partial charge in [0.1, 0.15) is 0 Å². The Balaban J connectivity index is 2.01. The zero-order valence-electron chi connectivity index (χ0n) is 9.32. The van der Waals surface area contributed by atoms with Crippen molar-refractivity contribution in [3.8, 4) is 0 Å². The predicted molar refractivity (Wildman–Crippen MR) is 72.4 cm³/mol. The van der Waals surface area contributed by atoms with Crippen molar-refractivity contribution in [2.75, 3.05) is 0 Å². The molecule has 18 heavy (non-hydrogen) atoms. The van der Waals surface area contributed by atoms with Gasteiger partial charge in [-0.05, 0) is 23.8 Å². The van der Waals surface area contributed by atoms with Crippen LogP contribution in [0.1, 0.15) is 11.3 Å². The number of thioether (sulfide) groups is 1. The Morgan fingerprint density at radius 1 is 1.28 bits per heavy atom. The quantitative estimate of drug-likeness (QED) is 0.307. The Bertz CT molecular complexity index is 545. The van der Waals surface area contributed by atoms with E-state index in [-0.39, 0.29) is 0 Å². The molecular weight excluding hydrogens is 270 g/mol. The van der Waals surface area contributed by atoms with Gasteiger partial charge in [-0.3, -0.25) is 0 Å². The van der Waals surface area contributed by atoms with Crippen LogP contribution in [0.5, 0.6) is 0 Å². The number of benzene rings is 1. The molecule has 0 aliphatic rings. The standard InChI is InChI=1S/C12H10ClN3OS/c13-10-3-1-9(2-4-10)8-18-12-14-6-5-11(16-12)7-15-17/h1-7,17H,8H2/b15-7-. The van der Waals surface area contributed by atoms with E-state index in [4.69, 9.17) is 16.8 Å². The number of rotatable bonds is 4. The van der Waals surface area contributed by atoms with Crippen molar-refractivity contribution in [1.29, 1.82) is 0 Å². The molecule has 6 heteroatoms. The van der Waals surface area contributed by atoms with Crippen molar-refractivity contribution in [1.82, 2.24) is 9.97 Å². The summed E-state index contributed by atoms with van der Waals surface area (Å²) in [4.78, 5) is 8.35. The molecule has 0 spiro atoms. The van der Waals surface area contributed by atoms with Crippen molar-refractivity contribution >= 4 is 29.6 Å². The number of oxime groups is 1. The highest BCUT2D eigenvalue weighted by molar-refractivity contribution is 7.98. The molecule has 0 fully saturated rings. The van der Waals surface area contributed by atoms with Gasteiger partial charge < -0.3 is 5.21 Å². The van der Waals surface area contributed by atoms with Gasteiger partial charge in [0.05, 0.1) is 11.9 Å². The molecule has 0 unspecified atom stereocenters. The van der Waals surface area contributed by atoms with Crippen LogP contribution in [-0.4, -0.2) is 21.4 Å². The van der Waals surface area contributed by atoms with Crippen LogP contribution in [0.25, 0.3) is 0 Å². The normalized spacial score (nSPS) is 10.9. The van der Waals surface area contributed by atoms with Crippen LogP contribution >= 0.6 is 23.4 Å². The van der Waals surface area contributed by atoms with Crippen LogP contribution in [0.4, 0.5) is 0 Å². The highest BCUT2D eigenvalue weighted by Crippen LogP contribution is 2.20. The molecule has 0 radical (unpaired) electrons. The lowest BCUT2D eigenvalue weighted by Gasteiger charge is -2.01. The second-order valence-electron chi connectivity index (χ2n) is 3.42. The fourth-order valence-corrected chi connectivity index (χ4v) is 2.20. The summed E-state index contributed by atoms with van der Waals surface area (Å²) in [6.07, 6.45) is 2.90. The Hall–Kier alpha value is -1.59. The minimum Gasteiger partial charge on any atom is -0.411 e.